The fourth-order valence-corrected chi connectivity index (χ4v) is 3.14. The predicted molar refractivity (Wildman–Crippen MR) is 127 cm³/mol. The molecule has 0 aliphatic heterocycles. The van der Waals surface area contributed by atoms with Crippen molar-refractivity contribution in [2.24, 2.45) is 0 Å². The lowest BCUT2D eigenvalue weighted by Gasteiger charge is -2.21. The molecule has 2 aromatic carbocycles. The van der Waals surface area contributed by atoms with Crippen LogP contribution in [0.2, 0.25) is 0 Å². The van der Waals surface area contributed by atoms with Crippen molar-refractivity contribution in [3.63, 3.8) is 0 Å². The van der Waals surface area contributed by atoms with E-state index < -0.39 is 24.3 Å². The molecule has 0 saturated carbocycles. The smallest absolute Gasteiger partial charge is 0.407 e. The summed E-state index contributed by atoms with van der Waals surface area (Å²) in [5.74, 6) is 0.357. The number of carbonyl (C=O) groups excluding carboxylic acids is 2. The Balaban J connectivity index is 2.07. The zero-order valence-corrected chi connectivity index (χ0v) is 19.3. The molecule has 0 aromatic heterocycles. The highest BCUT2D eigenvalue weighted by Crippen LogP contribution is 2.23. The molecule has 2 atom stereocenters. The van der Waals surface area contributed by atoms with E-state index in [0.29, 0.717) is 35.7 Å². The van der Waals surface area contributed by atoms with Gasteiger partial charge < -0.3 is 30.7 Å². The van der Waals surface area contributed by atoms with Crippen LogP contribution in [0.1, 0.15) is 36.9 Å². The average Bonchev–Trinajstić information content (AvgIpc) is 2.83. The maximum atomic E-state index is 12.5. The molecule has 0 heterocycles. The van der Waals surface area contributed by atoms with Crippen molar-refractivity contribution in [3.05, 3.63) is 53.6 Å². The fraction of sp³-hybridized carbons (Fsp3) is 0.333. The second kappa shape index (κ2) is 13.3. The van der Waals surface area contributed by atoms with Crippen LogP contribution in [0, 0.1) is 22.7 Å². The number of benzene rings is 2. The first-order valence-corrected chi connectivity index (χ1v) is 10.7. The topological polar surface area (TPSA) is 148 Å². The second-order valence-corrected chi connectivity index (χ2v) is 7.28. The minimum atomic E-state index is -0.617. The standard InChI is InChI=1S/C24H28N6O4/c1-4-20(10-11-25)34-24(32)30-21(15-27-2)16-6-5-7-18(12-16)28-23(31)29-19-9-8-17(14-26)22(13-19)33-3/h5-9,12-13,20-21,27H,4,10,15H2,1-3H3,(H,30,32)(H2,28,29,31)/t20-,21+/m1/s1. The quantitative estimate of drug-likeness (QED) is 0.417. The minimum absolute atomic E-state index is 0.125. The Morgan fingerprint density at radius 1 is 1.09 bits per heavy atom. The van der Waals surface area contributed by atoms with Crippen molar-refractivity contribution >= 4 is 23.5 Å². The number of rotatable bonds is 10. The van der Waals surface area contributed by atoms with Gasteiger partial charge in [-0.2, -0.15) is 10.5 Å². The molecular weight excluding hydrogens is 436 g/mol. The summed E-state index contributed by atoms with van der Waals surface area (Å²) < 4.78 is 10.5. The lowest BCUT2D eigenvalue weighted by atomic mass is 10.1. The highest BCUT2D eigenvalue weighted by Gasteiger charge is 2.18. The van der Waals surface area contributed by atoms with Crippen molar-refractivity contribution in [1.29, 1.82) is 10.5 Å². The summed E-state index contributed by atoms with van der Waals surface area (Å²) in [4.78, 5) is 24.8. The SMILES string of the molecule is CC[C@H](CC#N)OC(=O)N[C@@H](CNC)c1cccc(NC(=O)Nc2ccc(C#N)c(OC)c2)c1. The van der Waals surface area contributed by atoms with Crippen LogP contribution in [0.25, 0.3) is 0 Å². The molecule has 0 bridgehead atoms. The van der Waals surface area contributed by atoms with Gasteiger partial charge in [0.25, 0.3) is 0 Å². The van der Waals surface area contributed by atoms with Crippen molar-refractivity contribution in [2.45, 2.75) is 31.9 Å². The molecule has 3 amide bonds. The summed E-state index contributed by atoms with van der Waals surface area (Å²) in [6.07, 6.45) is -0.427. The summed E-state index contributed by atoms with van der Waals surface area (Å²) in [5, 5.41) is 29.2. The van der Waals surface area contributed by atoms with Gasteiger partial charge in [-0.05, 0) is 43.3 Å². The number of anilines is 2. The number of amides is 3. The lowest BCUT2D eigenvalue weighted by Crippen LogP contribution is -2.36. The summed E-state index contributed by atoms with van der Waals surface area (Å²) >= 11 is 0. The van der Waals surface area contributed by atoms with E-state index in [1.165, 1.54) is 7.11 Å². The lowest BCUT2D eigenvalue weighted by molar-refractivity contribution is 0.0944. The Kier molecular flexibility index (Phi) is 10.2. The summed E-state index contributed by atoms with van der Waals surface area (Å²) in [6, 6.07) is 14.9. The largest absolute Gasteiger partial charge is 0.495 e. The molecule has 0 fully saturated rings. The average molecular weight is 465 g/mol. The third kappa shape index (κ3) is 7.69. The van der Waals surface area contributed by atoms with Crippen LogP contribution in [0.3, 0.4) is 0 Å². The summed E-state index contributed by atoms with van der Waals surface area (Å²) in [6.45, 7) is 2.26. The Labute approximate surface area is 198 Å². The van der Waals surface area contributed by atoms with Crippen molar-refractivity contribution in [3.8, 4) is 17.9 Å². The molecule has 0 aliphatic carbocycles. The van der Waals surface area contributed by atoms with Gasteiger partial charge in [-0.1, -0.05) is 19.1 Å². The van der Waals surface area contributed by atoms with Crippen LogP contribution >= 0.6 is 0 Å². The van der Waals surface area contributed by atoms with Gasteiger partial charge in [0, 0.05) is 24.0 Å². The third-order valence-electron chi connectivity index (χ3n) is 4.88. The van der Waals surface area contributed by atoms with Gasteiger partial charge in [0.05, 0.1) is 31.2 Å². The highest BCUT2D eigenvalue weighted by molar-refractivity contribution is 6.00. The number of hydrogen-bond acceptors (Lipinski definition) is 7. The molecule has 34 heavy (non-hydrogen) atoms. The van der Waals surface area contributed by atoms with Crippen LogP contribution in [-0.2, 0) is 4.74 Å². The molecule has 0 radical (unpaired) electrons. The number of nitrogens with zero attached hydrogens (tertiary/aromatic N) is 2. The van der Waals surface area contributed by atoms with Crippen LogP contribution in [0.4, 0.5) is 21.0 Å². The van der Waals surface area contributed by atoms with Crippen LogP contribution in [-0.4, -0.2) is 38.9 Å². The van der Waals surface area contributed by atoms with E-state index >= 15 is 0 Å². The number of alkyl carbamates (subject to hydrolysis) is 1. The zero-order chi connectivity index (χ0) is 24.9. The first kappa shape index (κ1) is 26.0. The van der Waals surface area contributed by atoms with E-state index in [2.05, 4.69) is 21.3 Å². The molecule has 0 unspecified atom stereocenters. The molecule has 178 valence electrons. The van der Waals surface area contributed by atoms with Crippen LogP contribution in [0.5, 0.6) is 5.75 Å². The molecule has 10 nitrogen and oxygen atoms in total. The first-order valence-electron chi connectivity index (χ1n) is 10.7. The summed E-state index contributed by atoms with van der Waals surface area (Å²) in [7, 11) is 3.20. The van der Waals surface area contributed by atoms with E-state index in [9.17, 15) is 9.59 Å². The van der Waals surface area contributed by atoms with Gasteiger partial charge >= 0.3 is 12.1 Å². The molecule has 4 N–H and O–H groups in total. The number of methoxy groups -OCH3 is 1. The Hall–Kier alpha value is -4.28. The zero-order valence-electron chi connectivity index (χ0n) is 19.3. The number of nitrogens with one attached hydrogen (secondary N) is 4. The number of likely N-dealkylation sites (N-methyl/N-ethyl adjacent to an activating group) is 1. The van der Waals surface area contributed by atoms with Gasteiger partial charge in [0.1, 0.15) is 17.9 Å². The van der Waals surface area contributed by atoms with E-state index in [-0.39, 0.29) is 6.42 Å². The van der Waals surface area contributed by atoms with Crippen LogP contribution in [0.15, 0.2) is 42.5 Å². The Morgan fingerprint density at radius 2 is 1.82 bits per heavy atom. The maximum absolute atomic E-state index is 12.5. The van der Waals surface area contributed by atoms with Crippen LogP contribution < -0.4 is 26.0 Å². The minimum Gasteiger partial charge on any atom is -0.495 e. The van der Waals surface area contributed by atoms with Crippen molar-refractivity contribution in [2.75, 3.05) is 31.3 Å². The van der Waals surface area contributed by atoms with Gasteiger partial charge in [-0.15, -0.1) is 0 Å². The Bertz CT molecular complexity index is 1080. The second-order valence-electron chi connectivity index (χ2n) is 7.28. The van der Waals surface area contributed by atoms with Gasteiger partial charge in [-0.3, -0.25) is 0 Å². The number of carbonyl (C=O) groups is 2. The molecule has 10 heteroatoms. The molecule has 0 saturated heterocycles. The number of ether oxygens (including phenoxy) is 2. The molecule has 2 aromatic rings. The molecule has 0 aliphatic rings. The van der Waals surface area contributed by atoms with E-state index in [0.717, 1.165) is 5.56 Å². The maximum Gasteiger partial charge on any atom is 0.407 e. The van der Waals surface area contributed by atoms with Gasteiger partial charge in [-0.25, -0.2) is 9.59 Å². The fourth-order valence-electron chi connectivity index (χ4n) is 3.14. The highest BCUT2D eigenvalue weighted by atomic mass is 16.6. The first-order chi connectivity index (χ1) is 16.4. The van der Waals surface area contributed by atoms with Crippen molar-refractivity contribution < 1.29 is 19.1 Å². The molecule has 2 rings (SSSR count). The number of urea groups is 1. The molecular formula is C24H28N6O4. The van der Waals surface area contributed by atoms with E-state index in [1.54, 1.807) is 43.4 Å². The normalized spacial score (nSPS) is 11.8. The predicted octanol–water partition coefficient (Wildman–Crippen LogP) is 3.89. The number of hydrogen-bond donors (Lipinski definition) is 4. The monoisotopic (exact) mass is 464 g/mol. The number of nitriles is 2. The van der Waals surface area contributed by atoms with E-state index in [4.69, 9.17) is 20.0 Å². The third-order valence-corrected chi connectivity index (χ3v) is 4.88. The van der Waals surface area contributed by atoms with Crippen molar-refractivity contribution in [1.82, 2.24) is 10.6 Å². The van der Waals surface area contributed by atoms with E-state index in [1.807, 2.05) is 25.1 Å². The van der Waals surface area contributed by atoms with Gasteiger partial charge in [0.2, 0.25) is 0 Å². The van der Waals surface area contributed by atoms with Gasteiger partial charge in [0.15, 0.2) is 0 Å². The molecule has 0 spiro atoms. The Morgan fingerprint density at radius 3 is 2.44 bits per heavy atom. The summed E-state index contributed by atoms with van der Waals surface area (Å²) in [5.41, 5.74) is 2.09.